The summed E-state index contributed by atoms with van der Waals surface area (Å²) in [6.07, 6.45) is 5.87. The van der Waals surface area contributed by atoms with E-state index in [1.54, 1.807) is 0 Å². The summed E-state index contributed by atoms with van der Waals surface area (Å²) in [7, 11) is 0. The van der Waals surface area contributed by atoms with Gasteiger partial charge in [0, 0.05) is 35.9 Å². The van der Waals surface area contributed by atoms with Gasteiger partial charge in [0.2, 0.25) is 11.8 Å². The number of hydrogen-bond donors (Lipinski definition) is 2. The predicted octanol–water partition coefficient (Wildman–Crippen LogP) is 1.88. The first-order valence-corrected chi connectivity index (χ1v) is 8.54. The Kier molecular flexibility index (Phi) is 5.55. The Morgan fingerprint density at radius 1 is 0.786 bits per heavy atom. The summed E-state index contributed by atoms with van der Waals surface area (Å²) in [6.45, 7) is 0. The van der Waals surface area contributed by atoms with Crippen LogP contribution in [0.1, 0.15) is 48.1 Å². The van der Waals surface area contributed by atoms with Gasteiger partial charge in [0.25, 0.3) is 0 Å². The third-order valence-electron chi connectivity index (χ3n) is 4.44. The highest BCUT2D eigenvalue weighted by molar-refractivity contribution is 6.10. The smallest absolute Gasteiger partial charge is 0.249 e. The van der Waals surface area contributed by atoms with E-state index in [0.717, 1.165) is 5.56 Å². The molecule has 7 nitrogen and oxygen atoms in total. The fourth-order valence-electron chi connectivity index (χ4n) is 3.10. The molecule has 140 valence electrons. The lowest BCUT2D eigenvalue weighted by Gasteiger charge is -2.19. The molecule has 0 saturated heterocycles. The Balaban J connectivity index is 2.14. The molecule has 2 heterocycles. The van der Waals surface area contributed by atoms with Crippen molar-refractivity contribution in [1.82, 2.24) is 9.97 Å². The maximum Gasteiger partial charge on any atom is 0.249 e. The largest absolute Gasteiger partial charge is 0.366 e. The van der Waals surface area contributed by atoms with Crippen molar-refractivity contribution in [3.05, 3.63) is 95.1 Å². The summed E-state index contributed by atoms with van der Waals surface area (Å²) in [5.74, 6) is -2.57. The second kappa shape index (κ2) is 8.22. The van der Waals surface area contributed by atoms with E-state index in [2.05, 4.69) is 9.97 Å². The maximum atomic E-state index is 13.4. The van der Waals surface area contributed by atoms with Gasteiger partial charge in [-0.15, -0.1) is 0 Å². The molecule has 0 aliphatic heterocycles. The van der Waals surface area contributed by atoms with Crippen LogP contribution >= 0.6 is 0 Å². The van der Waals surface area contributed by atoms with Gasteiger partial charge < -0.3 is 11.5 Å². The topological polar surface area (TPSA) is 129 Å². The van der Waals surface area contributed by atoms with Crippen molar-refractivity contribution in [3.8, 4) is 0 Å². The van der Waals surface area contributed by atoms with Gasteiger partial charge in [0.05, 0.1) is 11.5 Å². The number of primary amides is 2. The first-order valence-electron chi connectivity index (χ1n) is 8.54. The van der Waals surface area contributed by atoms with Gasteiger partial charge in [-0.05, 0) is 29.7 Å². The number of nitrogens with zero attached hydrogens (tertiary/aromatic N) is 2. The van der Waals surface area contributed by atoms with Gasteiger partial charge in [-0.2, -0.15) is 0 Å². The van der Waals surface area contributed by atoms with E-state index in [9.17, 15) is 14.4 Å². The summed E-state index contributed by atoms with van der Waals surface area (Å²) in [5.41, 5.74) is 12.6. The van der Waals surface area contributed by atoms with Crippen LogP contribution in [-0.2, 0) is 6.42 Å². The van der Waals surface area contributed by atoms with Gasteiger partial charge in [-0.25, -0.2) is 0 Å². The summed E-state index contributed by atoms with van der Waals surface area (Å²) in [4.78, 5) is 45.1. The Bertz CT molecular complexity index is 1030. The third kappa shape index (κ3) is 3.93. The van der Waals surface area contributed by atoms with Crippen LogP contribution in [0.15, 0.2) is 67.3 Å². The molecule has 2 amide bonds. The highest BCUT2D eigenvalue weighted by Gasteiger charge is 2.29. The van der Waals surface area contributed by atoms with Crippen LogP contribution in [0.25, 0.3) is 0 Å². The number of aromatic nitrogens is 2. The van der Waals surface area contributed by atoms with Crippen LogP contribution < -0.4 is 11.5 Å². The second-order valence-corrected chi connectivity index (χ2v) is 6.22. The fraction of sp³-hybridized carbons (Fsp3) is 0.0952. The number of carbonyl (C=O) groups excluding carboxylic acids is 3. The lowest BCUT2D eigenvalue weighted by atomic mass is 9.83. The quantitative estimate of drug-likeness (QED) is 0.610. The average molecular weight is 374 g/mol. The molecule has 2 aromatic heterocycles. The minimum Gasteiger partial charge on any atom is -0.366 e. The molecule has 28 heavy (non-hydrogen) atoms. The lowest BCUT2D eigenvalue weighted by molar-refractivity contribution is 0.0938. The van der Waals surface area contributed by atoms with E-state index < -0.39 is 17.7 Å². The molecule has 1 aromatic carbocycles. The zero-order chi connectivity index (χ0) is 20.1. The number of amides is 2. The molecule has 0 spiro atoms. The Hall–Kier alpha value is -3.87. The van der Waals surface area contributed by atoms with Crippen molar-refractivity contribution in [2.24, 2.45) is 11.5 Å². The molecule has 1 atom stereocenters. The fourth-order valence-corrected chi connectivity index (χ4v) is 3.10. The number of hydrogen-bond acceptors (Lipinski definition) is 5. The summed E-state index contributed by atoms with van der Waals surface area (Å²) in [6, 6.07) is 12.2. The Morgan fingerprint density at radius 2 is 1.39 bits per heavy atom. The van der Waals surface area contributed by atoms with Crippen molar-refractivity contribution in [2.75, 3.05) is 0 Å². The number of Topliss-reactive ketones (excluding diaryl/α,β-unsaturated/α-hetero) is 1. The van der Waals surface area contributed by atoms with Crippen LogP contribution in [0.5, 0.6) is 0 Å². The van der Waals surface area contributed by atoms with E-state index in [4.69, 9.17) is 11.5 Å². The summed E-state index contributed by atoms with van der Waals surface area (Å²) >= 11 is 0. The molecular weight excluding hydrogens is 356 g/mol. The molecule has 0 aliphatic carbocycles. The average Bonchev–Trinajstić information content (AvgIpc) is 2.72. The SMILES string of the molecule is NC(=O)c1ccncc1C(=O)C(Cc1ccccc1)c1cnccc1C(N)=O. The second-order valence-electron chi connectivity index (χ2n) is 6.22. The lowest BCUT2D eigenvalue weighted by Crippen LogP contribution is -2.24. The number of carbonyl (C=O) groups is 3. The van der Waals surface area contributed by atoms with Crippen molar-refractivity contribution in [2.45, 2.75) is 12.3 Å². The van der Waals surface area contributed by atoms with Crippen LogP contribution in [0.3, 0.4) is 0 Å². The van der Waals surface area contributed by atoms with E-state index in [1.807, 2.05) is 30.3 Å². The third-order valence-corrected chi connectivity index (χ3v) is 4.44. The van der Waals surface area contributed by atoms with Crippen LogP contribution in [0.2, 0.25) is 0 Å². The van der Waals surface area contributed by atoms with Gasteiger partial charge in [-0.3, -0.25) is 24.4 Å². The Labute approximate surface area is 161 Å². The number of ketones is 1. The number of rotatable bonds is 7. The normalized spacial score (nSPS) is 11.6. The molecule has 0 fully saturated rings. The number of pyridine rings is 2. The maximum absolute atomic E-state index is 13.4. The molecule has 0 radical (unpaired) electrons. The van der Waals surface area contributed by atoms with Crippen molar-refractivity contribution < 1.29 is 14.4 Å². The molecule has 7 heteroatoms. The molecule has 0 saturated carbocycles. The van der Waals surface area contributed by atoms with Crippen LogP contribution in [0.4, 0.5) is 0 Å². The van der Waals surface area contributed by atoms with Crippen molar-refractivity contribution >= 4 is 17.6 Å². The first kappa shape index (κ1) is 18.9. The minimum atomic E-state index is -0.791. The zero-order valence-electron chi connectivity index (χ0n) is 14.9. The number of benzene rings is 1. The van der Waals surface area contributed by atoms with Crippen LogP contribution in [-0.4, -0.2) is 27.6 Å². The van der Waals surface area contributed by atoms with Crippen LogP contribution in [0, 0.1) is 0 Å². The molecule has 0 aliphatic rings. The molecule has 4 N–H and O–H groups in total. The minimum absolute atomic E-state index is 0.0718. The monoisotopic (exact) mass is 374 g/mol. The Morgan fingerprint density at radius 3 is 2.04 bits per heavy atom. The zero-order valence-corrected chi connectivity index (χ0v) is 14.9. The van der Waals surface area contributed by atoms with Gasteiger partial charge >= 0.3 is 0 Å². The number of nitrogens with two attached hydrogens (primary N) is 2. The van der Waals surface area contributed by atoms with E-state index >= 15 is 0 Å². The summed E-state index contributed by atoms with van der Waals surface area (Å²) < 4.78 is 0. The summed E-state index contributed by atoms with van der Waals surface area (Å²) in [5, 5.41) is 0. The first-order chi connectivity index (χ1) is 13.5. The van der Waals surface area contributed by atoms with E-state index in [-0.39, 0.29) is 22.5 Å². The highest BCUT2D eigenvalue weighted by Crippen LogP contribution is 2.28. The molecule has 0 bridgehead atoms. The van der Waals surface area contributed by atoms with E-state index in [0.29, 0.717) is 12.0 Å². The van der Waals surface area contributed by atoms with E-state index in [1.165, 1.54) is 36.9 Å². The van der Waals surface area contributed by atoms with Gasteiger partial charge in [0.1, 0.15) is 0 Å². The highest BCUT2D eigenvalue weighted by atomic mass is 16.2. The predicted molar refractivity (Wildman–Crippen MR) is 103 cm³/mol. The molecule has 1 unspecified atom stereocenters. The van der Waals surface area contributed by atoms with Gasteiger partial charge in [0.15, 0.2) is 5.78 Å². The standard InChI is InChI=1S/C21H18N4O3/c22-20(27)14-6-8-24-11-17(14)16(10-13-4-2-1-3-5-13)19(26)18-12-25-9-7-15(18)21(23)28/h1-9,11-12,16H,10H2,(H2,22,27)(H2,23,28). The van der Waals surface area contributed by atoms with Crippen molar-refractivity contribution in [3.63, 3.8) is 0 Å². The van der Waals surface area contributed by atoms with Gasteiger partial charge in [-0.1, -0.05) is 30.3 Å². The molecule has 3 rings (SSSR count). The molecule has 3 aromatic rings. The van der Waals surface area contributed by atoms with Crippen molar-refractivity contribution in [1.29, 1.82) is 0 Å². The molecular formula is C21H18N4O3.